The molecule has 0 atom stereocenters. The maximum absolute atomic E-state index is 13.2. The zero-order valence-corrected chi connectivity index (χ0v) is 18.2. The zero-order chi connectivity index (χ0) is 25.7. The molecule has 0 saturated carbocycles. The number of hydrogen-bond donors (Lipinski definition) is 0. The van der Waals surface area contributed by atoms with E-state index in [-0.39, 0.29) is 0 Å². The highest BCUT2D eigenvalue weighted by molar-refractivity contribution is 6.25. The lowest BCUT2D eigenvalue weighted by Gasteiger charge is -2.10. The first kappa shape index (κ1) is 23.4. The standard InChI is InChI=1S/C28H14F6N2/c29-27(30,31)20-5-1-3-16(11-20)18-7-9-22-23-10-8-19(14-25(23)26(36-15-35)24(22)13-18)17-4-2-6-21(12-17)28(32,33)34/h1-14H. The van der Waals surface area contributed by atoms with E-state index in [4.69, 9.17) is 0 Å². The summed E-state index contributed by atoms with van der Waals surface area (Å²) in [6, 6.07) is 20.1. The highest BCUT2D eigenvalue weighted by Gasteiger charge is 2.32. The smallest absolute Gasteiger partial charge is 0.172 e. The van der Waals surface area contributed by atoms with E-state index < -0.39 is 23.5 Å². The molecule has 0 aliphatic heterocycles. The number of fused-ring (bicyclic) bond motifs is 3. The third-order valence-corrected chi connectivity index (χ3v) is 6.05. The van der Waals surface area contributed by atoms with Crippen LogP contribution in [0.1, 0.15) is 22.3 Å². The van der Waals surface area contributed by atoms with E-state index in [9.17, 15) is 31.6 Å². The lowest BCUT2D eigenvalue weighted by atomic mass is 9.97. The van der Waals surface area contributed by atoms with Gasteiger partial charge in [0.05, 0.1) is 16.8 Å². The number of benzene rings is 4. The predicted molar refractivity (Wildman–Crippen MR) is 124 cm³/mol. The van der Waals surface area contributed by atoms with E-state index in [2.05, 4.69) is 4.99 Å². The Balaban J connectivity index is 1.60. The van der Waals surface area contributed by atoms with Gasteiger partial charge < -0.3 is 0 Å². The summed E-state index contributed by atoms with van der Waals surface area (Å²) in [5.74, 6) is 0. The zero-order valence-electron chi connectivity index (χ0n) is 18.2. The summed E-state index contributed by atoms with van der Waals surface area (Å²) in [4.78, 5) is 3.95. The van der Waals surface area contributed by atoms with E-state index in [1.165, 1.54) is 12.1 Å². The summed E-state index contributed by atoms with van der Waals surface area (Å²) in [7, 11) is 0. The van der Waals surface area contributed by atoms with Crippen molar-refractivity contribution in [1.82, 2.24) is 0 Å². The highest BCUT2D eigenvalue weighted by Crippen LogP contribution is 2.42. The van der Waals surface area contributed by atoms with E-state index in [0.29, 0.717) is 39.1 Å². The molecule has 0 radical (unpaired) electrons. The van der Waals surface area contributed by atoms with Crippen molar-refractivity contribution in [1.29, 1.82) is 5.26 Å². The van der Waals surface area contributed by atoms with Crippen molar-refractivity contribution in [3.05, 3.63) is 107 Å². The first-order chi connectivity index (χ1) is 17.1. The number of aliphatic imine (C=N–C) groups is 1. The van der Waals surface area contributed by atoms with E-state index in [1.807, 2.05) is 0 Å². The van der Waals surface area contributed by atoms with Crippen LogP contribution < -0.4 is 0 Å². The van der Waals surface area contributed by atoms with Gasteiger partial charge in [0.25, 0.3) is 0 Å². The maximum atomic E-state index is 13.2. The van der Waals surface area contributed by atoms with Gasteiger partial charge in [0, 0.05) is 11.1 Å². The van der Waals surface area contributed by atoms with Crippen molar-refractivity contribution in [3.8, 4) is 39.6 Å². The second-order valence-corrected chi connectivity index (χ2v) is 8.24. The summed E-state index contributed by atoms with van der Waals surface area (Å²) in [5, 5.41) is 9.31. The molecule has 0 bridgehead atoms. The Hall–Kier alpha value is -4.38. The molecule has 2 nitrogen and oxygen atoms in total. The van der Waals surface area contributed by atoms with Crippen molar-refractivity contribution in [2.75, 3.05) is 0 Å². The van der Waals surface area contributed by atoms with E-state index in [1.54, 1.807) is 54.7 Å². The van der Waals surface area contributed by atoms with Gasteiger partial charge in [-0.1, -0.05) is 48.5 Å². The van der Waals surface area contributed by atoms with Crippen molar-refractivity contribution in [2.24, 2.45) is 4.99 Å². The average molecular weight is 492 g/mol. The molecule has 0 N–H and O–H groups in total. The Bertz CT molecular complexity index is 1460. The first-order valence-corrected chi connectivity index (χ1v) is 10.7. The van der Waals surface area contributed by atoms with Crippen LogP contribution in [0.5, 0.6) is 0 Å². The summed E-state index contributed by atoms with van der Waals surface area (Å²) in [5.41, 5.74) is 3.05. The molecular formula is C28H14F6N2. The molecule has 4 aromatic carbocycles. The van der Waals surface area contributed by atoms with Gasteiger partial charge in [0.2, 0.25) is 6.19 Å². The fraction of sp³-hybridized carbons (Fsp3) is 0.0714. The molecule has 0 unspecified atom stereocenters. The van der Waals surface area contributed by atoms with Gasteiger partial charge in [-0.15, -0.1) is 0 Å². The summed E-state index contributed by atoms with van der Waals surface area (Å²) < 4.78 is 79.2. The van der Waals surface area contributed by atoms with E-state index in [0.717, 1.165) is 35.4 Å². The third-order valence-electron chi connectivity index (χ3n) is 6.05. The number of halogens is 6. The molecule has 0 heterocycles. The molecule has 5 rings (SSSR count). The first-order valence-electron chi connectivity index (χ1n) is 10.7. The normalized spacial score (nSPS) is 12.6. The maximum Gasteiger partial charge on any atom is 0.416 e. The van der Waals surface area contributed by atoms with Crippen LogP contribution in [-0.2, 0) is 12.4 Å². The Morgan fingerprint density at radius 1 is 0.528 bits per heavy atom. The lowest BCUT2D eigenvalue weighted by molar-refractivity contribution is -0.138. The Morgan fingerprint density at radius 3 is 1.33 bits per heavy atom. The van der Waals surface area contributed by atoms with Crippen LogP contribution in [0.3, 0.4) is 0 Å². The SMILES string of the molecule is N#CN=C1c2cc(-c3cccc(C(F)(F)F)c3)ccc2-c2ccc(-c3cccc(C(F)(F)F)c3)cc21. The average Bonchev–Trinajstić information content (AvgIpc) is 3.16. The van der Waals surface area contributed by atoms with Crippen LogP contribution in [0.25, 0.3) is 33.4 Å². The van der Waals surface area contributed by atoms with Crippen molar-refractivity contribution >= 4 is 5.71 Å². The van der Waals surface area contributed by atoms with Crippen LogP contribution in [-0.4, -0.2) is 5.71 Å². The molecule has 0 amide bonds. The molecule has 178 valence electrons. The van der Waals surface area contributed by atoms with Gasteiger partial charge in [-0.25, -0.2) is 0 Å². The van der Waals surface area contributed by atoms with Crippen LogP contribution in [0, 0.1) is 11.5 Å². The minimum atomic E-state index is -4.49. The molecule has 0 fully saturated rings. The van der Waals surface area contributed by atoms with Crippen molar-refractivity contribution in [2.45, 2.75) is 12.4 Å². The van der Waals surface area contributed by atoms with Crippen molar-refractivity contribution < 1.29 is 26.3 Å². The van der Waals surface area contributed by atoms with Gasteiger partial charge >= 0.3 is 12.4 Å². The number of hydrogen-bond acceptors (Lipinski definition) is 2. The number of nitriles is 1. The Kier molecular flexibility index (Phi) is 5.44. The van der Waals surface area contributed by atoms with E-state index >= 15 is 0 Å². The largest absolute Gasteiger partial charge is 0.416 e. The molecule has 8 heteroatoms. The summed E-state index contributed by atoms with van der Waals surface area (Å²) >= 11 is 0. The lowest BCUT2D eigenvalue weighted by Crippen LogP contribution is -2.04. The molecule has 4 aromatic rings. The quantitative estimate of drug-likeness (QED) is 0.180. The van der Waals surface area contributed by atoms with Crippen molar-refractivity contribution in [3.63, 3.8) is 0 Å². The minimum absolute atomic E-state index is 0.310. The van der Waals surface area contributed by atoms with Crippen LogP contribution in [0.4, 0.5) is 26.3 Å². The summed E-state index contributed by atoms with van der Waals surface area (Å²) in [6.45, 7) is 0. The van der Waals surface area contributed by atoms with Gasteiger partial charge in [0.1, 0.15) is 0 Å². The second-order valence-electron chi connectivity index (χ2n) is 8.24. The number of rotatable bonds is 2. The fourth-order valence-electron chi connectivity index (χ4n) is 4.37. The molecule has 0 aromatic heterocycles. The van der Waals surface area contributed by atoms with Gasteiger partial charge in [-0.2, -0.15) is 36.6 Å². The molecule has 1 aliphatic rings. The van der Waals surface area contributed by atoms with Gasteiger partial charge in [-0.3, -0.25) is 0 Å². The monoisotopic (exact) mass is 492 g/mol. The Morgan fingerprint density at radius 2 is 0.944 bits per heavy atom. The molecular weight excluding hydrogens is 478 g/mol. The van der Waals surface area contributed by atoms with Gasteiger partial charge in [-0.05, 0) is 69.8 Å². The topological polar surface area (TPSA) is 36.1 Å². The third kappa shape index (κ3) is 4.13. The molecule has 0 spiro atoms. The summed E-state index contributed by atoms with van der Waals surface area (Å²) in [6.07, 6.45) is -7.22. The number of alkyl halides is 6. The van der Waals surface area contributed by atoms with Gasteiger partial charge in [0.15, 0.2) is 0 Å². The highest BCUT2D eigenvalue weighted by atomic mass is 19.4. The van der Waals surface area contributed by atoms with Crippen LogP contribution >= 0.6 is 0 Å². The predicted octanol–water partition coefficient (Wildman–Crippen LogP) is 8.36. The minimum Gasteiger partial charge on any atom is -0.172 e. The van der Waals surface area contributed by atoms with Crippen LogP contribution in [0.15, 0.2) is 89.9 Å². The fourth-order valence-corrected chi connectivity index (χ4v) is 4.37. The molecule has 36 heavy (non-hydrogen) atoms. The Labute approximate surface area is 201 Å². The van der Waals surface area contributed by atoms with Crippen LogP contribution in [0.2, 0.25) is 0 Å². The second kappa shape index (κ2) is 8.38. The molecule has 0 saturated heterocycles. The number of nitrogens with zero attached hydrogens (tertiary/aromatic N) is 2. The molecule has 1 aliphatic carbocycles.